The van der Waals surface area contributed by atoms with Gasteiger partial charge in [-0.2, -0.15) is 0 Å². The smallest absolute Gasteiger partial charge is 0.116 e. The van der Waals surface area contributed by atoms with Gasteiger partial charge in [0.05, 0.1) is 0 Å². The molecule has 0 amide bonds. The van der Waals surface area contributed by atoms with E-state index in [0.29, 0.717) is 6.16 Å². The summed E-state index contributed by atoms with van der Waals surface area (Å²) in [6.07, 6.45) is -0.369. The molecule has 0 heterocycles. The third-order valence-electron chi connectivity index (χ3n) is 0.512. The van der Waals surface area contributed by atoms with Gasteiger partial charge in [-0.3, -0.25) is 0 Å². The second kappa shape index (κ2) is 3.51. The molecule has 0 radical (unpaired) electrons. The third kappa shape index (κ3) is 2.55. The summed E-state index contributed by atoms with van der Waals surface area (Å²) in [5, 5.41) is 0. The Bertz CT molecular complexity index is 30.0. The Kier molecular flexibility index (Phi) is 3.70. The molecule has 0 saturated heterocycles. The Morgan fingerprint density at radius 3 is 2.33 bits per heavy atom. The van der Waals surface area contributed by atoms with Crippen molar-refractivity contribution in [3.05, 3.63) is 0 Å². The maximum absolute atomic E-state index is 11.7. The zero-order valence-corrected chi connectivity index (χ0v) is 4.68. The van der Waals surface area contributed by atoms with Crippen LogP contribution in [0.15, 0.2) is 0 Å². The van der Waals surface area contributed by atoms with E-state index < -0.39 is 6.17 Å². The van der Waals surface area contributed by atoms with Crippen LogP contribution >= 0.6 is 9.24 Å². The summed E-state index contributed by atoms with van der Waals surface area (Å²) in [6.45, 7) is 0.142. The van der Waals surface area contributed by atoms with Crippen molar-refractivity contribution in [1.29, 1.82) is 0 Å². The van der Waals surface area contributed by atoms with E-state index >= 15 is 0 Å². The first-order valence-corrected chi connectivity index (χ1v) is 2.67. The topological polar surface area (TPSA) is 26.0 Å². The Hall–Kier alpha value is 0.320. The van der Waals surface area contributed by atoms with Gasteiger partial charge in [0.2, 0.25) is 0 Å². The van der Waals surface area contributed by atoms with Crippen LogP contribution < -0.4 is 5.73 Å². The van der Waals surface area contributed by atoms with Crippen molar-refractivity contribution in [3.63, 3.8) is 0 Å². The molecule has 1 unspecified atom stereocenters. The normalized spacial score (nSPS) is 14.5. The molecular weight excluding hydrogens is 100 g/mol. The van der Waals surface area contributed by atoms with Gasteiger partial charge in [0.25, 0.3) is 0 Å². The summed E-state index contributed by atoms with van der Waals surface area (Å²) in [5.74, 6) is 0. The van der Waals surface area contributed by atoms with E-state index in [1.807, 2.05) is 0 Å². The molecule has 2 atom stereocenters. The molecule has 0 aromatic heterocycles. The first kappa shape index (κ1) is 6.32. The van der Waals surface area contributed by atoms with Crippen molar-refractivity contribution in [1.82, 2.24) is 0 Å². The first-order valence-electron chi connectivity index (χ1n) is 1.85. The Labute approximate surface area is 39.3 Å². The molecule has 0 fully saturated rings. The number of alkyl halides is 1. The van der Waals surface area contributed by atoms with Gasteiger partial charge in [-0.1, -0.05) is 0 Å². The molecule has 0 bridgehead atoms. The minimum atomic E-state index is -0.824. The van der Waals surface area contributed by atoms with Crippen molar-refractivity contribution in [2.45, 2.75) is 6.17 Å². The molecule has 0 aliphatic carbocycles. The van der Waals surface area contributed by atoms with E-state index in [2.05, 4.69) is 9.24 Å². The molecule has 0 rings (SSSR count). The van der Waals surface area contributed by atoms with Crippen LogP contribution in [-0.2, 0) is 0 Å². The fourth-order valence-electron chi connectivity index (χ4n) is 0.0962. The molecule has 6 heavy (non-hydrogen) atoms. The SMILES string of the molecule is NC[C@@H](F)CP. The zero-order chi connectivity index (χ0) is 4.99. The Morgan fingerprint density at radius 2 is 2.33 bits per heavy atom. The third-order valence-corrected chi connectivity index (χ3v) is 1.02. The van der Waals surface area contributed by atoms with Crippen molar-refractivity contribution in [3.8, 4) is 0 Å². The average Bonchev–Trinajstić information content (AvgIpc) is 1.65. The van der Waals surface area contributed by atoms with E-state index in [1.165, 1.54) is 0 Å². The summed E-state index contributed by atoms with van der Waals surface area (Å²) in [4.78, 5) is 0. The van der Waals surface area contributed by atoms with Crippen LogP contribution in [0.1, 0.15) is 0 Å². The summed E-state index contributed by atoms with van der Waals surface area (Å²) >= 11 is 0. The van der Waals surface area contributed by atoms with Gasteiger partial charge in [-0.15, -0.1) is 9.24 Å². The molecule has 0 aromatic carbocycles. The minimum absolute atomic E-state index is 0.142. The van der Waals surface area contributed by atoms with Gasteiger partial charge in [0, 0.05) is 6.54 Å². The van der Waals surface area contributed by atoms with Crippen molar-refractivity contribution in [2.75, 3.05) is 12.7 Å². The lowest BCUT2D eigenvalue weighted by Crippen LogP contribution is -2.15. The second-order valence-corrected chi connectivity index (χ2v) is 1.54. The lowest BCUT2D eigenvalue weighted by atomic mass is 10.5. The maximum atomic E-state index is 11.7. The molecule has 0 saturated carbocycles. The highest BCUT2D eigenvalue weighted by Crippen LogP contribution is 1.91. The van der Waals surface area contributed by atoms with E-state index in [1.54, 1.807) is 0 Å². The predicted molar refractivity (Wildman–Crippen MR) is 28.5 cm³/mol. The zero-order valence-electron chi connectivity index (χ0n) is 3.52. The Morgan fingerprint density at radius 1 is 1.83 bits per heavy atom. The van der Waals surface area contributed by atoms with Crippen LogP contribution in [0.3, 0.4) is 0 Å². The lowest BCUT2D eigenvalue weighted by Gasteiger charge is -1.94. The van der Waals surface area contributed by atoms with E-state index in [9.17, 15) is 4.39 Å². The number of hydrogen-bond acceptors (Lipinski definition) is 1. The molecule has 0 aliphatic rings. The average molecular weight is 109 g/mol. The molecule has 0 spiro atoms. The molecule has 2 N–H and O–H groups in total. The van der Waals surface area contributed by atoms with Crippen molar-refractivity contribution in [2.24, 2.45) is 5.73 Å². The highest BCUT2D eigenvalue weighted by Gasteiger charge is 1.94. The van der Waals surface area contributed by atoms with E-state index in [-0.39, 0.29) is 6.54 Å². The summed E-state index contributed by atoms with van der Waals surface area (Å²) in [5.41, 5.74) is 4.89. The van der Waals surface area contributed by atoms with Crippen LogP contribution in [0.25, 0.3) is 0 Å². The lowest BCUT2D eigenvalue weighted by molar-refractivity contribution is 0.376. The van der Waals surface area contributed by atoms with Crippen LogP contribution in [0.4, 0.5) is 4.39 Å². The highest BCUT2D eigenvalue weighted by molar-refractivity contribution is 7.16. The first-order chi connectivity index (χ1) is 2.81. The summed E-state index contributed by atoms with van der Waals surface area (Å²) in [6, 6.07) is 0. The molecular formula is C3H9FNP. The minimum Gasteiger partial charge on any atom is -0.328 e. The van der Waals surface area contributed by atoms with Gasteiger partial charge in [-0.05, 0) is 6.16 Å². The van der Waals surface area contributed by atoms with Gasteiger partial charge in [-0.25, -0.2) is 4.39 Å². The molecule has 38 valence electrons. The fraction of sp³-hybridized carbons (Fsp3) is 1.00. The monoisotopic (exact) mass is 109 g/mol. The van der Waals surface area contributed by atoms with Crippen LogP contribution in [0.5, 0.6) is 0 Å². The highest BCUT2D eigenvalue weighted by atomic mass is 31.0. The van der Waals surface area contributed by atoms with Crippen LogP contribution in [-0.4, -0.2) is 18.9 Å². The number of halogens is 1. The van der Waals surface area contributed by atoms with Crippen molar-refractivity contribution >= 4 is 9.24 Å². The maximum Gasteiger partial charge on any atom is 0.116 e. The molecule has 0 aromatic rings. The van der Waals surface area contributed by atoms with E-state index in [0.717, 1.165) is 0 Å². The summed E-state index contributed by atoms with van der Waals surface area (Å²) in [7, 11) is 2.28. The number of hydrogen-bond donors (Lipinski definition) is 1. The van der Waals surface area contributed by atoms with Crippen molar-refractivity contribution < 1.29 is 4.39 Å². The number of rotatable bonds is 2. The van der Waals surface area contributed by atoms with Gasteiger partial charge in [0.15, 0.2) is 0 Å². The summed E-state index contributed by atoms with van der Waals surface area (Å²) < 4.78 is 11.7. The van der Waals surface area contributed by atoms with Gasteiger partial charge >= 0.3 is 0 Å². The quantitative estimate of drug-likeness (QED) is 0.502. The van der Waals surface area contributed by atoms with Crippen LogP contribution in [0.2, 0.25) is 0 Å². The fourth-order valence-corrected chi connectivity index (χ4v) is 0.289. The predicted octanol–water partition coefficient (Wildman–Crippen LogP) is 0.158. The van der Waals surface area contributed by atoms with E-state index in [4.69, 9.17) is 5.73 Å². The van der Waals surface area contributed by atoms with Crippen LogP contribution in [0, 0.1) is 0 Å². The Balaban J connectivity index is 2.75. The largest absolute Gasteiger partial charge is 0.328 e. The molecule has 0 aliphatic heterocycles. The van der Waals surface area contributed by atoms with Gasteiger partial charge in [0.1, 0.15) is 6.17 Å². The number of nitrogens with two attached hydrogens (primary N) is 1. The second-order valence-electron chi connectivity index (χ2n) is 1.07. The standard InChI is InChI=1S/C3H9FNP/c4-3(1-5)2-6/h3H,1-2,5-6H2/t3-/m1/s1. The molecule has 1 nitrogen and oxygen atoms in total. The molecule has 3 heteroatoms. The van der Waals surface area contributed by atoms with Gasteiger partial charge < -0.3 is 5.73 Å².